The summed E-state index contributed by atoms with van der Waals surface area (Å²) in [7, 11) is 0. The highest BCUT2D eigenvalue weighted by Crippen LogP contribution is 2.35. The van der Waals surface area contributed by atoms with Gasteiger partial charge in [-0.05, 0) is 30.0 Å². The number of hydrogen-bond acceptors (Lipinski definition) is 6. The van der Waals surface area contributed by atoms with Gasteiger partial charge in [-0.2, -0.15) is 0 Å². The zero-order chi connectivity index (χ0) is 13.8. The average molecular weight is 288 g/mol. The van der Waals surface area contributed by atoms with Crippen molar-refractivity contribution >= 4 is 18.0 Å². The van der Waals surface area contributed by atoms with Gasteiger partial charge in [-0.1, -0.05) is 0 Å². The van der Waals surface area contributed by atoms with E-state index in [2.05, 4.69) is 9.97 Å². The Morgan fingerprint density at radius 3 is 2.60 bits per heavy atom. The van der Waals surface area contributed by atoms with E-state index in [0.717, 1.165) is 29.1 Å². The Bertz CT molecular complexity index is 616. The fourth-order valence-electron chi connectivity index (χ4n) is 1.75. The number of benzene rings is 1. The van der Waals surface area contributed by atoms with Gasteiger partial charge in [0.05, 0.1) is 18.8 Å². The van der Waals surface area contributed by atoms with E-state index in [1.165, 1.54) is 24.2 Å². The summed E-state index contributed by atoms with van der Waals surface area (Å²) in [4.78, 5) is 19.8. The number of carbonyl (C=O) groups excluding carboxylic acids is 1. The van der Waals surface area contributed by atoms with Crippen molar-refractivity contribution in [2.45, 2.75) is 16.5 Å². The van der Waals surface area contributed by atoms with Crippen molar-refractivity contribution in [1.29, 1.82) is 0 Å². The van der Waals surface area contributed by atoms with Gasteiger partial charge in [-0.25, -0.2) is 9.97 Å². The first-order chi connectivity index (χ1) is 9.85. The smallest absolute Gasteiger partial charge is 0.192 e. The Morgan fingerprint density at radius 2 is 1.85 bits per heavy atom. The molecule has 20 heavy (non-hydrogen) atoms. The molecule has 0 N–H and O–H groups in total. The summed E-state index contributed by atoms with van der Waals surface area (Å²) in [6, 6.07) is 5.75. The van der Waals surface area contributed by atoms with E-state index in [1.54, 1.807) is 0 Å². The highest BCUT2D eigenvalue weighted by Gasteiger charge is 2.11. The Morgan fingerprint density at radius 1 is 1.10 bits per heavy atom. The van der Waals surface area contributed by atoms with Crippen molar-refractivity contribution in [2.24, 2.45) is 0 Å². The highest BCUT2D eigenvalue weighted by molar-refractivity contribution is 7.99. The van der Waals surface area contributed by atoms with Crippen LogP contribution in [0.25, 0.3) is 0 Å². The van der Waals surface area contributed by atoms with Crippen molar-refractivity contribution in [3.63, 3.8) is 0 Å². The van der Waals surface area contributed by atoms with Gasteiger partial charge < -0.3 is 9.47 Å². The maximum atomic E-state index is 10.6. The van der Waals surface area contributed by atoms with E-state index in [0.29, 0.717) is 23.9 Å². The lowest BCUT2D eigenvalue weighted by atomic mass is 10.3. The zero-order valence-corrected chi connectivity index (χ0v) is 11.4. The second-order valence-corrected chi connectivity index (χ2v) is 5.22. The molecule has 5 nitrogen and oxygen atoms in total. The van der Waals surface area contributed by atoms with E-state index in [-0.39, 0.29) is 0 Å². The number of rotatable bonds is 3. The minimum Gasteiger partial charge on any atom is -0.490 e. The second kappa shape index (κ2) is 5.92. The first-order valence-electron chi connectivity index (χ1n) is 6.20. The molecule has 6 heteroatoms. The number of hydrogen-bond donors (Lipinski definition) is 0. The highest BCUT2D eigenvalue weighted by atomic mass is 32.2. The van der Waals surface area contributed by atoms with E-state index in [9.17, 15) is 4.79 Å². The van der Waals surface area contributed by atoms with Gasteiger partial charge in [0.25, 0.3) is 0 Å². The lowest BCUT2D eigenvalue weighted by molar-refractivity contribution is 0.112. The largest absolute Gasteiger partial charge is 0.490 e. The Kier molecular flexibility index (Phi) is 3.83. The lowest BCUT2D eigenvalue weighted by Crippen LogP contribution is -1.97. The maximum Gasteiger partial charge on any atom is 0.192 e. The molecule has 2 heterocycles. The topological polar surface area (TPSA) is 61.3 Å². The molecule has 1 aliphatic heterocycles. The molecule has 0 unspecified atom stereocenters. The fourth-order valence-corrected chi connectivity index (χ4v) is 2.48. The number of ether oxygens (including phenoxy) is 2. The molecule has 0 saturated heterocycles. The molecule has 0 aliphatic carbocycles. The summed E-state index contributed by atoms with van der Waals surface area (Å²) in [5.74, 6) is 1.51. The summed E-state index contributed by atoms with van der Waals surface area (Å²) >= 11 is 1.41. The summed E-state index contributed by atoms with van der Waals surface area (Å²) in [5.41, 5.74) is 0.466. The molecule has 1 aromatic carbocycles. The molecular weight excluding hydrogens is 276 g/mol. The first kappa shape index (κ1) is 12.9. The molecule has 1 aliphatic rings. The van der Waals surface area contributed by atoms with Gasteiger partial charge in [0, 0.05) is 23.7 Å². The molecule has 1 aromatic heterocycles. The van der Waals surface area contributed by atoms with E-state index >= 15 is 0 Å². The molecule has 102 valence electrons. The third kappa shape index (κ3) is 2.91. The molecule has 0 radical (unpaired) electrons. The molecule has 0 spiro atoms. The summed E-state index contributed by atoms with van der Waals surface area (Å²) in [5, 5.41) is 0.588. The van der Waals surface area contributed by atoms with Gasteiger partial charge in [-0.15, -0.1) is 0 Å². The van der Waals surface area contributed by atoms with E-state index < -0.39 is 0 Å². The molecule has 3 rings (SSSR count). The Labute approximate surface area is 120 Å². The van der Waals surface area contributed by atoms with Crippen LogP contribution in [0, 0.1) is 0 Å². The van der Waals surface area contributed by atoms with Crippen LogP contribution < -0.4 is 9.47 Å². The normalized spacial score (nSPS) is 13.6. The zero-order valence-electron chi connectivity index (χ0n) is 10.6. The Hall–Kier alpha value is -2.08. The SMILES string of the molecule is O=Cc1cnc(Sc2ccc3c(c2)OCCCO3)nc1. The molecule has 0 bridgehead atoms. The van der Waals surface area contributed by atoms with Crippen LogP contribution in [-0.2, 0) is 0 Å². The number of nitrogens with zero attached hydrogens (tertiary/aromatic N) is 2. The first-order valence-corrected chi connectivity index (χ1v) is 7.01. The van der Waals surface area contributed by atoms with E-state index in [4.69, 9.17) is 9.47 Å². The number of aromatic nitrogens is 2. The molecule has 2 aromatic rings. The second-order valence-electron chi connectivity index (χ2n) is 4.18. The van der Waals surface area contributed by atoms with Crippen molar-refractivity contribution in [1.82, 2.24) is 9.97 Å². The molecule has 0 saturated carbocycles. The minimum atomic E-state index is 0.466. The van der Waals surface area contributed by atoms with Gasteiger partial charge in [0.15, 0.2) is 22.9 Å². The van der Waals surface area contributed by atoms with Crippen molar-refractivity contribution in [2.75, 3.05) is 13.2 Å². The van der Waals surface area contributed by atoms with Crippen LogP contribution in [0.5, 0.6) is 11.5 Å². The average Bonchev–Trinajstić information content (AvgIpc) is 2.73. The predicted molar refractivity (Wildman–Crippen MR) is 73.6 cm³/mol. The van der Waals surface area contributed by atoms with Crippen molar-refractivity contribution in [3.05, 3.63) is 36.2 Å². The molecular formula is C14H12N2O3S. The minimum absolute atomic E-state index is 0.466. The van der Waals surface area contributed by atoms with E-state index in [1.807, 2.05) is 18.2 Å². The molecule has 0 fully saturated rings. The lowest BCUT2D eigenvalue weighted by Gasteiger charge is -2.08. The quantitative estimate of drug-likeness (QED) is 0.639. The molecule has 0 amide bonds. The monoisotopic (exact) mass is 288 g/mol. The predicted octanol–water partition coefficient (Wildman–Crippen LogP) is 2.60. The van der Waals surface area contributed by atoms with Crippen LogP contribution in [0.3, 0.4) is 0 Å². The third-order valence-electron chi connectivity index (χ3n) is 2.71. The van der Waals surface area contributed by atoms with Crippen LogP contribution >= 0.6 is 11.8 Å². The summed E-state index contributed by atoms with van der Waals surface area (Å²) in [6.07, 6.45) is 4.62. The third-order valence-corrected chi connectivity index (χ3v) is 3.60. The van der Waals surface area contributed by atoms with Crippen LogP contribution in [0.2, 0.25) is 0 Å². The van der Waals surface area contributed by atoms with Gasteiger partial charge in [0.2, 0.25) is 0 Å². The number of aldehydes is 1. The van der Waals surface area contributed by atoms with Gasteiger partial charge in [-0.3, -0.25) is 4.79 Å². The number of carbonyl (C=O) groups is 1. The van der Waals surface area contributed by atoms with Crippen molar-refractivity contribution < 1.29 is 14.3 Å². The van der Waals surface area contributed by atoms with Crippen molar-refractivity contribution in [3.8, 4) is 11.5 Å². The van der Waals surface area contributed by atoms with Crippen LogP contribution in [-0.4, -0.2) is 29.5 Å². The summed E-state index contributed by atoms with van der Waals surface area (Å²) in [6.45, 7) is 1.33. The number of fused-ring (bicyclic) bond motifs is 1. The Balaban J connectivity index is 1.80. The molecule has 0 atom stereocenters. The fraction of sp³-hybridized carbons (Fsp3) is 0.214. The van der Waals surface area contributed by atoms with Crippen LogP contribution in [0.1, 0.15) is 16.8 Å². The standard InChI is InChI=1S/C14H12N2O3S/c17-9-10-7-15-14(16-8-10)20-11-2-3-12-13(6-11)19-5-1-4-18-12/h2-3,6-9H,1,4-5H2. The van der Waals surface area contributed by atoms with Crippen LogP contribution in [0.15, 0.2) is 40.6 Å². The maximum absolute atomic E-state index is 10.6. The van der Waals surface area contributed by atoms with Gasteiger partial charge >= 0.3 is 0 Å². The summed E-state index contributed by atoms with van der Waals surface area (Å²) < 4.78 is 11.2. The van der Waals surface area contributed by atoms with Gasteiger partial charge in [0.1, 0.15) is 0 Å². The van der Waals surface area contributed by atoms with Crippen LogP contribution in [0.4, 0.5) is 0 Å².